The van der Waals surface area contributed by atoms with Gasteiger partial charge in [0.15, 0.2) is 22.8 Å². The molecule has 48 heavy (non-hydrogen) atoms. The Kier molecular flexibility index (Phi) is 10.3. The first-order chi connectivity index (χ1) is 22.6. The molecule has 15 nitrogen and oxygen atoms in total. The molecule has 0 unspecified atom stereocenters. The molecule has 0 radical (unpaired) electrons. The highest BCUT2D eigenvalue weighted by molar-refractivity contribution is 9.10. The average Bonchev–Trinajstić information content (AvgIpc) is 3.66. The number of rotatable bonds is 8. The summed E-state index contributed by atoms with van der Waals surface area (Å²) in [6.07, 6.45) is 4.33. The van der Waals surface area contributed by atoms with Crippen LogP contribution in [-0.2, 0) is 20.0 Å². The normalized spacial score (nSPS) is 11.7. The fourth-order valence-corrected chi connectivity index (χ4v) is 7.34. The van der Waals surface area contributed by atoms with Gasteiger partial charge in [0.1, 0.15) is 5.69 Å². The number of sulfonamides is 2. The summed E-state index contributed by atoms with van der Waals surface area (Å²) >= 11 is 18.5. The van der Waals surface area contributed by atoms with Crippen LogP contribution in [0.25, 0.3) is 11.3 Å². The lowest BCUT2D eigenvalue weighted by Crippen LogP contribution is -2.17. The zero-order chi connectivity index (χ0) is 35.0. The lowest BCUT2D eigenvalue weighted by Gasteiger charge is -2.08. The molecular weight excluding hydrogens is 848 g/mol. The number of benzene rings is 1. The Morgan fingerprint density at radius 3 is 1.69 bits per heavy atom. The first-order valence-corrected chi connectivity index (χ1v) is 18.2. The van der Waals surface area contributed by atoms with Crippen molar-refractivity contribution in [1.29, 1.82) is 0 Å². The molecule has 6 rings (SSSR count). The van der Waals surface area contributed by atoms with E-state index in [1.54, 1.807) is 31.3 Å². The van der Waals surface area contributed by atoms with Crippen LogP contribution in [0.4, 0.5) is 15.8 Å². The standard InChI is InChI=1S/C13H9BrCl2N4O3S.C13H11BrFN5O3S/c1-23-10-5-7(14)6-20-12(10)17-13(18-20)24(21,22)19-11-8(15)3-2-4-9(11)16;1-7-3-4-16-11(15)10(7)19-24(21,22)13-17-12-9(23-2)5-8(14)6-20(12)18-13/h2-6,19H,1H3;3-6,19H,1-2H3. The molecule has 22 heteroatoms. The number of hydrogen-bond acceptors (Lipinski definition) is 11. The van der Waals surface area contributed by atoms with Crippen LogP contribution in [0.1, 0.15) is 5.56 Å². The van der Waals surface area contributed by atoms with Crippen LogP contribution in [0.15, 0.2) is 74.2 Å². The van der Waals surface area contributed by atoms with E-state index >= 15 is 0 Å². The number of nitrogens with one attached hydrogen (secondary N) is 2. The van der Waals surface area contributed by atoms with E-state index < -0.39 is 36.3 Å². The first-order valence-electron chi connectivity index (χ1n) is 12.9. The molecule has 252 valence electrons. The number of pyridine rings is 3. The Morgan fingerprint density at radius 2 is 1.25 bits per heavy atom. The van der Waals surface area contributed by atoms with Crippen LogP contribution in [0.2, 0.25) is 10.0 Å². The van der Waals surface area contributed by atoms with Gasteiger partial charge < -0.3 is 9.47 Å². The summed E-state index contributed by atoms with van der Waals surface area (Å²) in [5.41, 5.74) is 0.670. The molecule has 6 aromatic rings. The van der Waals surface area contributed by atoms with Crippen molar-refractivity contribution in [2.45, 2.75) is 17.2 Å². The van der Waals surface area contributed by atoms with Crippen LogP contribution < -0.4 is 18.9 Å². The fourth-order valence-electron chi connectivity index (χ4n) is 3.94. The van der Waals surface area contributed by atoms with Crippen LogP contribution in [0, 0.1) is 12.9 Å². The minimum absolute atomic E-state index is 0.0628. The van der Waals surface area contributed by atoms with Crippen molar-refractivity contribution in [2.75, 3.05) is 23.7 Å². The number of halogens is 5. The summed E-state index contributed by atoms with van der Waals surface area (Å²) in [5, 5.41) is 7.26. The van der Waals surface area contributed by atoms with Crippen molar-refractivity contribution in [3.8, 4) is 11.5 Å². The smallest absolute Gasteiger partial charge is 0.299 e. The third-order valence-corrected chi connectivity index (χ3v) is 9.91. The molecule has 0 fully saturated rings. The molecule has 1 aromatic carbocycles. The number of para-hydroxylation sites is 1. The average molecular weight is 868 g/mol. The lowest BCUT2D eigenvalue weighted by atomic mass is 10.2. The summed E-state index contributed by atoms with van der Waals surface area (Å²) in [4.78, 5) is 11.4. The number of methoxy groups -OCH3 is 2. The fraction of sp³-hybridized carbons (Fsp3) is 0.115. The Hall–Kier alpha value is -3.82. The van der Waals surface area contributed by atoms with Gasteiger partial charge in [0.25, 0.3) is 30.4 Å². The second-order valence-electron chi connectivity index (χ2n) is 9.38. The maximum Gasteiger partial charge on any atom is 0.299 e. The van der Waals surface area contributed by atoms with Gasteiger partial charge in [0, 0.05) is 27.5 Å². The zero-order valence-corrected chi connectivity index (χ0v) is 30.8. The van der Waals surface area contributed by atoms with E-state index in [-0.39, 0.29) is 32.7 Å². The monoisotopic (exact) mass is 865 g/mol. The number of anilines is 2. The predicted octanol–water partition coefficient (Wildman–Crippen LogP) is 5.75. The van der Waals surface area contributed by atoms with Gasteiger partial charge in [0.2, 0.25) is 5.95 Å². The van der Waals surface area contributed by atoms with Gasteiger partial charge in [-0.1, -0.05) is 29.3 Å². The topological polar surface area (TPSA) is 184 Å². The second-order valence-corrected chi connectivity index (χ2v) is 15.2. The van der Waals surface area contributed by atoms with Crippen LogP contribution >= 0.6 is 55.1 Å². The number of ether oxygens (including phenoxy) is 2. The van der Waals surface area contributed by atoms with Crippen LogP contribution in [-0.4, -0.2) is 65.2 Å². The number of aryl methyl sites for hydroxylation is 1. The summed E-state index contributed by atoms with van der Waals surface area (Å²) in [5.74, 6) is -0.223. The highest BCUT2D eigenvalue weighted by atomic mass is 79.9. The highest BCUT2D eigenvalue weighted by Gasteiger charge is 2.26. The minimum Gasteiger partial charge on any atom is -0.493 e. The van der Waals surface area contributed by atoms with Crippen molar-refractivity contribution in [2.24, 2.45) is 0 Å². The maximum absolute atomic E-state index is 13.8. The van der Waals surface area contributed by atoms with Gasteiger partial charge in [0.05, 0.1) is 30.0 Å². The van der Waals surface area contributed by atoms with Crippen molar-refractivity contribution < 1.29 is 30.7 Å². The predicted molar refractivity (Wildman–Crippen MR) is 181 cm³/mol. The van der Waals surface area contributed by atoms with Crippen LogP contribution in [0.5, 0.6) is 11.5 Å². The van der Waals surface area contributed by atoms with Crippen LogP contribution in [0.3, 0.4) is 0 Å². The van der Waals surface area contributed by atoms with E-state index in [1.807, 2.05) is 0 Å². The van der Waals surface area contributed by atoms with Gasteiger partial charge >= 0.3 is 0 Å². The van der Waals surface area contributed by atoms with Crippen molar-refractivity contribution in [3.63, 3.8) is 0 Å². The van der Waals surface area contributed by atoms with Gasteiger partial charge in [-0.2, -0.15) is 31.2 Å². The molecule has 5 heterocycles. The second kappa shape index (κ2) is 14.0. The molecule has 0 amide bonds. The lowest BCUT2D eigenvalue weighted by molar-refractivity contribution is 0.416. The number of fused-ring (bicyclic) bond motifs is 2. The van der Waals surface area contributed by atoms with E-state index in [2.05, 4.69) is 66.5 Å². The molecule has 0 saturated carbocycles. The molecule has 0 spiro atoms. The van der Waals surface area contributed by atoms with Gasteiger partial charge in [-0.3, -0.25) is 9.44 Å². The van der Waals surface area contributed by atoms with Gasteiger partial charge in [-0.25, -0.2) is 14.0 Å². The van der Waals surface area contributed by atoms with E-state index in [0.717, 1.165) is 0 Å². The summed E-state index contributed by atoms with van der Waals surface area (Å²) in [6, 6.07) is 9.40. The third kappa shape index (κ3) is 7.42. The Bertz CT molecular complexity index is 2210. The zero-order valence-electron chi connectivity index (χ0n) is 24.5. The van der Waals surface area contributed by atoms with Crippen molar-refractivity contribution >= 4 is 97.8 Å². The third-order valence-electron chi connectivity index (χ3n) is 6.16. The molecule has 0 aliphatic rings. The molecule has 0 aliphatic carbocycles. The van der Waals surface area contributed by atoms with E-state index in [9.17, 15) is 21.2 Å². The molecule has 0 bridgehead atoms. The van der Waals surface area contributed by atoms with Gasteiger partial charge in [-0.15, -0.1) is 10.2 Å². The Morgan fingerprint density at radius 1 is 0.792 bits per heavy atom. The van der Waals surface area contributed by atoms with Crippen molar-refractivity contribution in [3.05, 3.63) is 85.5 Å². The quantitative estimate of drug-likeness (QED) is 0.178. The molecule has 5 aromatic heterocycles. The molecule has 0 saturated heterocycles. The largest absolute Gasteiger partial charge is 0.493 e. The van der Waals surface area contributed by atoms with E-state index in [0.29, 0.717) is 26.0 Å². The summed E-state index contributed by atoms with van der Waals surface area (Å²) in [6.45, 7) is 1.56. The van der Waals surface area contributed by atoms with Gasteiger partial charge in [-0.05, 0) is 74.7 Å². The van der Waals surface area contributed by atoms with E-state index in [1.165, 1.54) is 53.8 Å². The SMILES string of the molecule is COc1cc(Br)cn2nc(S(=O)(=O)Nc3c(C)ccnc3F)nc12.COc1cc(Br)cn2nc(S(=O)(=O)Nc3c(Cl)cccc3Cl)nc12. The van der Waals surface area contributed by atoms with Crippen molar-refractivity contribution in [1.82, 2.24) is 34.2 Å². The highest BCUT2D eigenvalue weighted by Crippen LogP contribution is 2.32. The van der Waals surface area contributed by atoms with E-state index in [4.69, 9.17) is 32.7 Å². The summed E-state index contributed by atoms with van der Waals surface area (Å²) < 4.78 is 82.4. The Balaban J connectivity index is 0.000000188. The number of nitrogens with zero attached hydrogens (tertiary/aromatic N) is 7. The molecular formula is C26H20Br2Cl2FN9O6S2. The molecule has 0 aliphatic heterocycles. The first kappa shape index (κ1) is 35.5. The molecule has 2 N–H and O–H groups in total. The number of hydrogen-bond donors (Lipinski definition) is 2. The minimum atomic E-state index is -4.20. The summed E-state index contributed by atoms with van der Waals surface area (Å²) in [7, 11) is -5.41. The maximum atomic E-state index is 13.8. The number of aromatic nitrogens is 7. The molecule has 0 atom stereocenters. The Labute approximate surface area is 298 Å².